The maximum atomic E-state index is 14.9. The maximum Gasteiger partial charge on any atom is 0.253 e. The molecule has 16 heteroatoms. The van der Waals surface area contributed by atoms with E-state index in [-0.39, 0.29) is 31.5 Å². The highest BCUT2D eigenvalue weighted by Crippen LogP contribution is 2.61. The molecule has 4 heterocycles. The molecule has 0 bridgehead atoms. The van der Waals surface area contributed by atoms with Crippen LogP contribution in [-0.2, 0) is 19.2 Å². The predicted molar refractivity (Wildman–Crippen MR) is 201 cm³/mol. The number of carbonyl (C=O) groups is 4. The fourth-order valence-electron chi connectivity index (χ4n) is 8.33. The minimum atomic E-state index is -1.19. The molecule has 4 aromatic carbocycles. The van der Waals surface area contributed by atoms with Gasteiger partial charge >= 0.3 is 0 Å². The van der Waals surface area contributed by atoms with Gasteiger partial charge in [-0.25, -0.2) is 19.8 Å². The number of nitrogens with zero attached hydrogens (tertiary/aromatic N) is 4. The molecule has 4 aliphatic rings. The summed E-state index contributed by atoms with van der Waals surface area (Å²) in [6.07, 6.45) is 0. The van der Waals surface area contributed by atoms with Crippen LogP contribution in [0.2, 0.25) is 20.1 Å². The SMILES string of the molecule is COc1ccc([C@@H]2[C@H]3C(=O)N(c4ccc(Cl)c(Cl)c4)C(=O)[C@H]3N3[C@@H](c4ccc(OC)cc4OC)[C@H]4C(=O)N(c5ccc(Cl)c(Cl)c5)C(=O)[C@@H]4N23)c(OC)c1. The van der Waals surface area contributed by atoms with Gasteiger partial charge in [0.25, 0.3) is 11.8 Å². The summed E-state index contributed by atoms with van der Waals surface area (Å²) in [6.45, 7) is 0. The number of anilines is 2. The fourth-order valence-corrected chi connectivity index (χ4v) is 8.92. The third-order valence-corrected chi connectivity index (χ3v) is 12.0. The van der Waals surface area contributed by atoms with E-state index in [2.05, 4.69) is 0 Å². The van der Waals surface area contributed by atoms with Crippen LogP contribution in [0, 0.1) is 11.8 Å². The standard InChI is InChI=1S/C38H30Cl4N4O8/c1-51-19-7-9-21(27(15-19)53-3)31-29-33(37(49)43(35(29)47)17-5-11-23(39)25(41)13-17)46-32(22-10-8-20(52-2)16-28(22)54-4)30-34(45(31)46)38(50)44(36(30)48)18-6-12-24(40)26(42)14-18/h5-16,29-34H,1-4H3/t29-,30-,31-,32+,33+,34-/m1/s1. The molecule has 54 heavy (non-hydrogen) atoms. The third-order valence-electron chi connectivity index (χ3n) is 10.6. The quantitative estimate of drug-likeness (QED) is 0.176. The molecule has 0 unspecified atom stereocenters. The van der Waals surface area contributed by atoms with Gasteiger partial charge in [0.15, 0.2) is 0 Å². The number of methoxy groups -OCH3 is 4. The Hall–Kier alpha value is -4.56. The summed E-state index contributed by atoms with van der Waals surface area (Å²) in [6, 6.07) is 14.8. The zero-order chi connectivity index (χ0) is 38.3. The Kier molecular flexibility index (Phi) is 9.19. The second kappa shape index (κ2) is 13.6. The van der Waals surface area contributed by atoms with Crippen LogP contribution >= 0.6 is 46.4 Å². The first-order valence-corrected chi connectivity index (χ1v) is 18.1. The summed E-state index contributed by atoms with van der Waals surface area (Å²) < 4.78 is 22.7. The van der Waals surface area contributed by atoms with Crippen molar-refractivity contribution < 1.29 is 38.1 Å². The topological polar surface area (TPSA) is 118 Å². The Balaban J connectivity index is 1.38. The summed E-state index contributed by atoms with van der Waals surface area (Å²) in [5.74, 6) is -2.80. The highest BCUT2D eigenvalue weighted by molar-refractivity contribution is 6.43. The van der Waals surface area contributed by atoms with Crippen molar-refractivity contribution in [2.24, 2.45) is 11.8 Å². The van der Waals surface area contributed by atoms with Gasteiger partial charge in [-0.1, -0.05) is 46.4 Å². The predicted octanol–water partition coefficient (Wildman–Crippen LogP) is 6.78. The minimum absolute atomic E-state index is 0.150. The van der Waals surface area contributed by atoms with Crippen molar-refractivity contribution in [2.45, 2.75) is 24.2 Å². The number of hydrogen-bond acceptors (Lipinski definition) is 10. The van der Waals surface area contributed by atoms with Crippen LogP contribution in [0.15, 0.2) is 72.8 Å². The first-order valence-electron chi connectivity index (χ1n) is 16.6. The van der Waals surface area contributed by atoms with Gasteiger partial charge in [-0.3, -0.25) is 19.2 Å². The molecule has 4 aliphatic heterocycles. The highest BCUT2D eigenvalue weighted by Gasteiger charge is 2.74. The molecular weight excluding hydrogens is 782 g/mol. The number of carbonyl (C=O) groups excluding carboxylic acids is 4. The molecule has 4 fully saturated rings. The average molecular weight is 812 g/mol. The van der Waals surface area contributed by atoms with E-state index in [0.717, 1.165) is 9.80 Å². The Morgan fingerprint density at radius 2 is 0.833 bits per heavy atom. The largest absolute Gasteiger partial charge is 0.497 e. The van der Waals surface area contributed by atoms with Crippen molar-refractivity contribution in [3.05, 3.63) is 104 Å². The first kappa shape index (κ1) is 36.4. The molecule has 8 rings (SSSR count). The van der Waals surface area contributed by atoms with Crippen LogP contribution < -0.4 is 28.7 Å². The Morgan fingerprint density at radius 3 is 1.17 bits per heavy atom. The maximum absolute atomic E-state index is 14.9. The van der Waals surface area contributed by atoms with Crippen molar-refractivity contribution in [1.29, 1.82) is 0 Å². The Bertz CT molecular complexity index is 2120. The summed E-state index contributed by atoms with van der Waals surface area (Å²) in [5.41, 5.74) is 1.41. The van der Waals surface area contributed by atoms with E-state index in [4.69, 9.17) is 65.4 Å². The molecule has 12 nitrogen and oxygen atoms in total. The molecule has 4 amide bonds. The zero-order valence-corrected chi connectivity index (χ0v) is 32.0. The van der Waals surface area contributed by atoms with E-state index >= 15 is 0 Å². The molecule has 0 aliphatic carbocycles. The van der Waals surface area contributed by atoms with Crippen LogP contribution in [0.3, 0.4) is 0 Å². The van der Waals surface area contributed by atoms with Crippen LogP contribution in [0.25, 0.3) is 0 Å². The molecule has 0 saturated carbocycles. The number of hydrogen-bond donors (Lipinski definition) is 0. The minimum Gasteiger partial charge on any atom is -0.497 e. The number of imide groups is 2. The number of benzene rings is 4. The molecule has 0 radical (unpaired) electrons. The summed E-state index contributed by atoms with van der Waals surface area (Å²) in [5, 5.41) is 4.20. The van der Waals surface area contributed by atoms with Crippen LogP contribution in [0.4, 0.5) is 11.4 Å². The van der Waals surface area contributed by atoms with Gasteiger partial charge < -0.3 is 18.9 Å². The van der Waals surface area contributed by atoms with Gasteiger partial charge in [0, 0.05) is 23.3 Å². The van der Waals surface area contributed by atoms with Gasteiger partial charge in [-0.05, 0) is 60.7 Å². The lowest BCUT2D eigenvalue weighted by atomic mass is 9.83. The number of ether oxygens (including phenoxy) is 4. The lowest BCUT2D eigenvalue weighted by Gasteiger charge is -2.36. The van der Waals surface area contributed by atoms with E-state index in [1.165, 1.54) is 64.8 Å². The van der Waals surface area contributed by atoms with Crippen molar-refractivity contribution in [3.63, 3.8) is 0 Å². The third kappa shape index (κ3) is 5.26. The van der Waals surface area contributed by atoms with Crippen molar-refractivity contribution in [1.82, 2.24) is 10.0 Å². The summed E-state index contributed by atoms with van der Waals surface area (Å²) >= 11 is 25.2. The molecule has 278 valence electrons. The van der Waals surface area contributed by atoms with E-state index < -0.39 is 59.6 Å². The average Bonchev–Trinajstić information content (AvgIpc) is 3.84. The molecule has 4 saturated heterocycles. The van der Waals surface area contributed by atoms with Crippen LogP contribution in [0.1, 0.15) is 23.2 Å². The second-order valence-corrected chi connectivity index (χ2v) is 14.7. The summed E-state index contributed by atoms with van der Waals surface area (Å²) in [7, 11) is 5.96. The lowest BCUT2D eigenvalue weighted by Crippen LogP contribution is -2.50. The smallest absolute Gasteiger partial charge is 0.253 e. The van der Waals surface area contributed by atoms with Gasteiger partial charge in [0.05, 0.1) is 83.8 Å². The van der Waals surface area contributed by atoms with Crippen molar-refractivity contribution in [2.75, 3.05) is 38.2 Å². The van der Waals surface area contributed by atoms with E-state index in [0.29, 0.717) is 34.1 Å². The normalized spacial score (nSPS) is 25.0. The van der Waals surface area contributed by atoms with Gasteiger partial charge in [0.1, 0.15) is 35.1 Å². The van der Waals surface area contributed by atoms with Crippen LogP contribution in [0.5, 0.6) is 23.0 Å². The summed E-state index contributed by atoms with van der Waals surface area (Å²) in [4.78, 5) is 61.7. The number of rotatable bonds is 8. The van der Waals surface area contributed by atoms with Crippen molar-refractivity contribution >= 4 is 81.4 Å². The molecular formula is C38H30Cl4N4O8. The van der Waals surface area contributed by atoms with E-state index in [9.17, 15) is 19.2 Å². The fraction of sp³-hybridized carbons (Fsp3) is 0.263. The van der Waals surface area contributed by atoms with Gasteiger partial charge in [-0.15, -0.1) is 0 Å². The van der Waals surface area contributed by atoms with Crippen molar-refractivity contribution in [3.8, 4) is 23.0 Å². The van der Waals surface area contributed by atoms with Crippen LogP contribution in [-0.4, -0.2) is 74.2 Å². The second-order valence-electron chi connectivity index (χ2n) is 13.0. The van der Waals surface area contributed by atoms with Gasteiger partial charge in [-0.2, -0.15) is 0 Å². The molecule has 0 aromatic heterocycles. The van der Waals surface area contributed by atoms with Gasteiger partial charge in [0.2, 0.25) is 11.8 Å². The highest BCUT2D eigenvalue weighted by atomic mass is 35.5. The Labute approximate surface area is 329 Å². The number of amides is 4. The van der Waals surface area contributed by atoms with E-state index in [1.54, 1.807) is 46.4 Å². The molecule has 4 aromatic rings. The molecule has 6 atom stereocenters. The monoisotopic (exact) mass is 810 g/mol. The molecule has 0 spiro atoms. The zero-order valence-electron chi connectivity index (χ0n) is 29.0. The Morgan fingerprint density at radius 1 is 0.444 bits per heavy atom. The lowest BCUT2D eigenvalue weighted by molar-refractivity contribution is -0.136. The molecule has 0 N–H and O–H groups in total. The number of fused-ring (bicyclic) bond motifs is 5. The number of hydrazine groups is 1. The first-order chi connectivity index (χ1) is 25.9. The number of halogens is 4. The van der Waals surface area contributed by atoms with E-state index in [1.807, 2.05) is 0 Å².